The number of hydrogen-bond donors (Lipinski definition) is 2. The van der Waals surface area contributed by atoms with Gasteiger partial charge in [0, 0.05) is 18.4 Å². The standard InChI is InChI=1S/C10H23NO2S/c1-3-11-5-7-13-9-8-12-6-4-10(2)14/h10-11,14H,3-9H2,1-2H3. The van der Waals surface area contributed by atoms with E-state index >= 15 is 0 Å². The molecule has 0 aliphatic rings. The Morgan fingerprint density at radius 2 is 1.79 bits per heavy atom. The van der Waals surface area contributed by atoms with E-state index in [4.69, 9.17) is 9.47 Å². The van der Waals surface area contributed by atoms with Gasteiger partial charge in [0.2, 0.25) is 0 Å². The van der Waals surface area contributed by atoms with Gasteiger partial charge in [0.1, 0.15) is 0 Å². The van der Waals surface area contributed by atoms with E-state index in [9.17, 15) is 0 Å². The third-order valence-electron chi connectivity index (χ3n) is 1.73. The van der Waals surface area contributed by atoms with Gasteiger partial charge in [-0.3, -0.25) is 0 Å². The molecule has 86 valence electrons. The summed E-state index contributed by atoms with van der Waals surface area (Å²) in [5.41, 5.74) is 0. The first-order valence-corrected chi connectivity index (χ1v) is 5.83. The number of ether oxygens (including phenoxy) is 2. The molecule has 14 heavy (non-hydrogen) atoms. The van der Waals surface area contributed by atoms with E-state index in [1.54, 1.807) is 0 Å². The Labute approximate surface area is 93.0 Å². The molecule has 0 radical (unpaired) electrons. The van der Waals surface area contributed by atoms with Crippen molar-refractivity contribution in [2.45, 2.75) is 25.5 Å². The first-order chi connectivity index (χ1) is 6.77. The summed E-state index contributed by atoms with van der Waals surface area (Å²) in [6.07, 6.45) is 1.00. The first kappa shape index (κ1) is 14.2. The van der Waals surface area contributed by atoms with Gasteiger partial charge in [-0.15, -0.1) is 0 Å². The summed E-state index contributed by atoms with van der Waals surface area (Å²) in [4.78, 5) is 0. The van der Waals surface area contributed by atoms with E-state index in [2.05, 4.69) is 31.8 Å². The maximum atomic E-state index is 5.36. The van der Waals surface area contributed by atoms with Crippen LogP contribution in [0.25, 0.3) is 0 Å². The minimum absolute atomic E-state index is 0.421. The van der Waals surface area contributed by atoms with Crippen molar-refractivity contribution in [1.29, 1.82) is 0 Å². The summed E-state index contributed by atoms with van der Waals surface area (Å²) in [5, 5.41) is 3.61. The molecule has 0 saturated carbocycles. The fourth-order valence-corrected chi connectivity index (χ4v) is 1.00. The van der Waals surface area contributed by atoms with Gasteiger partial charge in [-0.05, 0) is 13.0 Å². The fraction of sp³-hybridized carbons (Fsp3) is 1.00. The van der Waals surface area contributed by atoms with Crippen LogP contribution in [0.3, 0.4) is 0 Å². The molecular weight excluding hydrogens is 198 g/mol. The van der Waals surface area contributed by atoms with Crippen LogP contribution in [0.2, 0.25) is 0 Å². The van der Waals surface area contributed by atoms with E-state index in [1.807, 2.05) is 0 Å². The molecule has 0 amide bonds. The molecule has 0 aromatic heterocycles. The van der Waals surface area contributed by atoms with Gasteiger partial charge < -0.3 is 14.8 Å². The predicted octanol–water partition coefficient (Wildman–Crippen LogP) is 1.34. The number of nitrogens with one attached hydrogen (secondary N) is 1. The van der Waals surface area contributed by atoms with Crippen LogP contribution in [-0.4, -0.2) is 44.8 Å². The van der Waals surface area contributed by atoms with Gasteiger partial charge in [-0.2, -0.15) is 12.6 Å². The van der Waals surface area contributed by atoms with E-state index in [0.29, 0.717) is 18.5 Å². The lowest BCUT2D eigenvalue weighted by Crippen LogP contribution is -2.20. The largest absolute Gasteiger partial charge is 0.379 e. The highest BCUT2D eigenvalue weighted by Gasteiger charge is 1.94. The maximum absolute atomic E-state index is 5.36. The molecule has 0 aromatic carbocycles. The van der Waals surface area contributed by atoms with Crippen molar-refractivity contribution in [3.63, 3.8) is 0 Å². The van der Waals surface area contributed by atoms with Gasteiger partial charge >= 0.3 is 0 Å². The maximum Gasteiger partial charge on any atom is 0.0701 e. The van der Waals surface area contributed by atoms with Crippen LogP contribution < -0.4 is 5.32 Å². The van der Waals surface area contributed by atoms with Gasteiger partial charge in [-0.25, -0.2) is 0 Å². The van der Waals surface area contributed by atoms with Gasteiger partial charge in [-0.1, -0.05) is 13.8 Å². The molecular formula is C10H23NO2S. The highest BCUT2D eigenvalue weighted by molar-refractivity contribution is 7.80. The van der Waals surface area contributed by atoms with E-state index in [-0.39, 0.29) is 0 Å². The lowest BCUT2D eigenvalue weighted by molar-refractivity contribution is 0.0483. The molecule has 1 N–H and O–H groups in total. The number of likely N-dealkylation sites (N-methyl/N-ethyl adjacent to an activating group) is 1. The van der Waals surface area contributed by atoms with Crippen molar-refractivity contribution >= 4 is 12.6 Å². The lowest BCUT2D eigenvalue weighted by Gasteiger charge is -2.07. The minimum Gasteiger partial charge on any atom is -0.379 e. The molecule has 0 heterocycles. The normalized spacial score (nSPS) is 13.1. The molecule has 0 spiro atoms. The van der Waals surface area contributed by atoms with Crippen molar-refractivity contribution < 1.29 is 9.47 Å². The van der Waals surface area contributed by atoms with Crippen molar-refractivity contribution in [3.8, 4) is 0 Å². The summed E-state index contributed by atoms with van der Waals surface area (Å²) in [6, 6.07) is 0. The lowest BCUT2D eigenvalue weighted by atomic mass is 10.3. The molecule has 1 unspecified atom stereocenters. The average molecular weight is 221 g/mol. The fourth-order valence-electron chi connectivity index (χ4n) is 0.897. The van der Waals surface area contributed by atoms with Crippen molar-refractivity contribution in [3.05, 3.63) is 0 Å². The monoisotopic (exact) mass is 221 g/mol. The Bertz CT molecular complexity index is 112. The second-order valence-corrected chi connectivity index (χ2v) is 4.10. The number of thiol groups is 1. The Morgan fingerprint density at radius 3 is 2.36 bits per heavy atom. The zero-order chi connectivity index (χ0) is 10.6. The van der Waals surface area contributed by atoms with Crippen molar-refractivity contribution in [1.82, 2.24) is 5.32 Å². The van der Waals surface area contributed by atoms with Crippen LogP contribution in [-0.2, 0) is 9.47 Å². The van der Waals surface area contributed by atoms with Crippen LogP contribution in [0.1, 0.15) is 20.3 Å². The Morgan fingerprint density at radius 1 is 1.14 bits per heavy atom. The Kier molecular flexibility index (Phi) is 11.5. The molecule has 0 aliphatic carbocycles. The molecule has 4 heteroatoms. The molecule has 0 aliphatic heterocycles. The average Bonchev–Trinajstić information content (AvgIpc) is 2.15. The molecule has 0 rings (SSSR count). The van der Waals surface area contributed by atoms with Gasteiger partial charge in [0.25, 0.3) is 0 Å². The quantitative estimate of drug-likeness (QED) is 0.431. The highest BCUT2D eigenvalue weighted by Crippen LogP contribution is 1.98. The molecule has 3 nitrogen and oxygen atoms in total. The predicted molar refractivity (Wildman–Crippen MR) is 63.2 cm³/mol. The topological polar surface area (TPSA) is 30.5 Å². The van der Waals surface area contributed by atoms with Crippen molar-refractivity contribution in [2.24, 2.45) is 0 Å². The van der Waals surface area contributed by atoms with Crippen LogP contribution in [0.4, 0.5) is 0 Å². The molecule has 0 saturated heterocycles. The number of rotatable bonds is 10. The summed E-state index contributed by atoms with van der Waals surface area (Å²) in [6.45, 7) is 8.99. The van der Waals surface area contributed by atoms with Crippen LogP contribution in [0, 0.1) is 0 Å². The first-order valence-electron chi connectivity index (χ1n) is 5.31. The number of hydrogen-bond acceptors (Lipinski definition) is 4. The van der Waals surface area contributed by atoms with E-state index < -0.39 is 0 Å². The summed E-state index contributed by atoms with van der Waals surface area (Å²) in [5.74, 6) is 0. The zero-order valence-corrected chi connectivity index (χ0v) is 10.2. The van der Waals surface area contributed by atoms with Crippen LogP contribution >= 0.6 is 12.6 Å². The second kappa shape index (κ2) is 11.3. The Balaban J connectivity index is 2.85. The van der Waals surface area contributed by atoms with Gasteiger partial charge in [0.15, 0.2) is 0 Å². The summed E-state index contributed by atoms with van der Waals surface area (Å²) < 4.78 is 10.7. The second-order valence-electron chi connectivity index (χ2n) is 3.22. The molecule has 1 atom stereocenters. The Hall–Kier alpha value is 0.230. The summed E-state index contributed by atoms with van der Waals surface area (Å²) >= 11 is 4.26. The van der Waals surface area contributed by atoms with Crippen molar-refractivity contribution in [2.75, 3.05) is 39.5 Å². The van der Waals surface area contributed by atoms with Crippen LogP contribution in [0.15, 0.2) is 0 Å². The third kappa shape index (κ3) is 12.2. The van der Waals surface area contributed by atoms with Crippen LogP contribution in [0.5, 0.6) is 0 Å². The van der Waals surface area contributed by atoms with Gasteiger partial charge in [0.05, 0.1) is 19.8 Å². The zero-order valence-electron chi connectivity index (χ0n) is 9.29. The summed E-state index contributed by atoms with van der Waals surface area (Å²) in [7, 11) is 0. The minimum atomic E-state index is 0.421. The molecule has 0 aromatic rings. The molecule has 0 fully saturated rings. The highest BCUT2D eigenvalue weighted by atomic mass is 32.1. The smallest absolute Gasteiger partial charge is 0.0701 e. The van der Waals surface area contributed by atoms with E-state index in [0.717, 1.165) is 32.7 Å². The third-order valence-corrected chi connectivity index (χ3v) is 1.98. The van der Waals surface area contributed by atoms with E-state index in [1.165, 1.54) is 0 Å². The molecule has 0 bridgehead atoms. The SMILES string of the molecule is CCNCCOCCOCCC(C)S.